The minimum atomic E-state index is -0.0557. The Balaban J connectivity index is 2.08. The molecule has 0 aromatic rings. The third-order valence-corrected chi connectivity index (χ3v) is 2.16. The maximum Gasteiger partial charge on any atom is 0.235 e. The summed E-state index contributed by atoms with van der Waals surface area (Å²) in [5.41, 5.74) is 0. The van der Waals surface area contributed by atoms with Crippen molar-refractivity contribution in [2.75, 3.05) is 5.88 Å². The van der Waals surface area contributed by atoms with E-state index in [1.165, 1.54) is 12.8 Å². The highest BCUT2D eigenvalue weighted by molar-refractivity contribution is 6.27. The predicted octanol–water partition coefficient (Wildman–Crippen LogP) is 1.53. The quantitative estimate of drug-likeness (QED) is 0.646. The smallest absolute Gasteiger partial charge is 0.235 e. The van der Waals surface area contributed by atoms with Gasteiger partial charge >= 0.3 is 0 Å². The van der Waals surface area contributed by atoms with Crippen LogP contribution in [0.5, 0.6) is 0 Å². The van der Waals surface area contributed by atoms with Gasteiger partial charge in [-0.05, 0) is 19.3 Å². The Kier molecular flexibility index (Phi) is 3.18. The molecule has 0 saturated heterocycles. The van der Waals surface area contributed by atoms with E-state index in [-0.39, 0.29) is 11.8 Å². The number of alkyl halides is 1. The lowest BCUT2D eigenvalue weighted by Gasteiger charge is -2.11. The SMILES string of the molecule is CC(CC1CC1)NC(=O)CCl. The van der Waals surface area contributed by atoms with Gasteiger partial charge in [0.05, 0.1) is 0 Å². The van der Waals surface area contributed by atoms with E-state index in [9.17, 15) is 4.79 Å². The zero-order valence-electron chi connectivity index (χ0n) is 6.77. The second-order valence-corrected chi connectivity index (χ2v) is 3.55. The van der Waals surface area contributed by atoms with Crippen molar-refractivity contribution in [3.63, 3.8) is 0 Å². The van der Waals surface area contributed by atoms with Crippen molar-refractivity contribution in [1.82, 2.24) is 5.32 Å². The van der Waals surface area contributed by atoms with Gasteiger partial charge in [-0.3, -0.25) is 4.79 Å². The molecule has 1 amide bonds. The lowest BCUT2D eigenvalue weighted by molar-refractivity contribution is -0.119. The summed E-state index contributed by atoms with van der Waals surface area (Å²) >= 11 is 5.34. The number of carbonyl (C=O) groups is 1. The fourth-order valence-corrected chi connectivity index (χ4v) is 1.30. The van der Waals surface area contributed by atoms with Crippen LogP contribution in [0.15, 0.2) is 0 Å². The van der Waals surface area contributed by atoms with Crippen LogP contribution in [0, 0.1) is 5.92 Å². The Morgan fingerprint density at radius 2 is 2.36 bits per heavy atom. The van der Waals surface area contributed by atoms with Crippen molar-refractivity contribution in [3.8, 4) is 0 Å². The molecular weight excluding hydrogens is 162 g/mol. The molecule has 0 spiro atoms. The summed E-state index contributed by atoms with van der Waals surface area (Å²) in [5.74, 6) is 0.884. The number of halogens is 1. The zero-order chi connectivity index (χ0) is 8.27. The van der Waals surface area contributed by atoms with Gasteiger partial charge in [-0.1, -0.05) is 12.8 Å². The van der Waals surface area contributed by atoms with E-state index in [0.29, 0.717) is 6.04 Å². The molecule has 0 aromatic heterocycles. The van der Waals surface area contributed by atoms with Crippen molar-refractivity contribution in [1.29, 1.82) is 0 Å². The minimum absolute atomic E-state index is 0.0557. The highest BCUT2D eigenvalue weighted by Gasteiger charge is 2.23. The van der Waals surface area contributed by atoms with Crippen molar-refractivity contribution in [2.24, 2.45) is 5.92 Å². The normalized spacial score (nSPS) is 19.5. The highest BCUT2D eigenvalue weighted by atomic mass is 35.5. The molecule has 2 nitrogen and oxygen atoms in total. The molecule has 3 heteroatoms. The second kappa shape index (κ2) is 3.96. The number of carbonyl (C=O) groups excluding carboxylic acids is 1. The van der Waals surface area contributed by atoms with Gasteiger partial charge in [0.2, 0.25) is 5.91 Å². The van der Waals surface area contributed by atoms with Gasteiger partial charge in [-0.15, -0.1) is 11.6 Å². The summed E-state index contributed by atoms with van der Waals surface area (Å²) in [4.78, 5) is 10.8. The molecule has 1 aliphatic rings. The molecule has 0 radical (unpaired) electrons. The van der Waals surface area contributed by atoms with Crippen LogP contribution >= 0.6 is 11.6 Å². The van der Waals surface area contributed by atoms with Crippen LogP contribution in [0.3, 0.4) is 0 Å². The van der Waals surface area contributed by atoms with Gasteiger partial charge in [0.25, 0.3) is 0 Å². The van der Waals surface area contributed by atoms with E-state index in [2.05, 4.69) is 5.32 Å². The Hall–Kier alpha value is -0.240. The van der Waals surface area contributed by atoms with E-state index < -0.39 is 0 Å². The molecule has 0 bridgehead atoms. The largest absolute Gasteiger partial charge is 0.353 e. The number of hydrogen-bond donors (Lipinski definition) is 1. The lowest BCUT2D eigenvalue weighted by Crippen LogP contribution is -2.33. The van der Waals surface area contributed by atoms with Crippen LogP contribution in [0.2, 0.25) is 0 Å². The third-order valence-electron chi connectivity index (χ3n) is 1.91. The van der Waals surface area contributed by atoms with Crippen LogP contribution in [0.25, 0.3) is 0 Å². The molecule has 1 atom stereocenters. The number of rotatable bonds is 4. The van der Waals surface area contributed by atoms with E-state index in [1.807, 2.05) is 6.92 Å². The summed E-state index contributed by atoms with van der Waals surface area (Å²) in [5, 5.41) is 2.83. The summed E-state index contributed by atoms with van der Waals surface area (Å²) in [6.07, 6.45) is 3.78. The zero-order valence-corrected chi connectivity index (χ0v) is 7.53. The fourth-order valence-electron chi connectivity index (χ4n) is 1.23. The summed E-state index contributed by atoms with van der Waals surface area (Å²) < 4.78 is 0. The molecule has 1 aliphatic carbocycles. The first-order chi connectivity index (χ1) is 5.22. The van der Waals surface area contributed by atoms with Crippen LogP contribution < -0.4 is 5.32 Å². The third kappa shape index (κ3) is 3.61. The second-order valence-electron chi connectivity index (χ2n) is 3.28. The number of hydrogen-bond acceptors (Lipinski definition) is 1. The fraction of sp³-hybridized carbons (Fsp3) is 0.875. The molecule has 64 valence electrons. The summed E-state index contributed by atoms with van der Waals surface area (Å²) in [6, 6.07) is 0.300. The Morgan fingerprint density at radius 1 is 1.73 bits per heavy atom. The molecule has 0 aliphatic heterocycles. The van der Waals surface area contributed by atoms with E-state index in [1.54, 1.807) is 0 Å². The van der Waals surface area contributed by atoms with Gasteiger partial charge in [-0.25, -0.2) is 0 Å². The highest BCUT2D eigenvalue weighted by Crippen LogP contribution is 2.33. The molecule has 1 fully saturated rings. The molecule has 11 heavy (non-hydrogen) atoms. The average Bonchev–Trinajstić information content (AvgIpc) is 2.71. The Bertz CT molecular complexity index is 145. The average molecular weight is 176 g/mol. The molecule has 1 unspecified atom stereocenters. The molecule has 1 rings (SSSR count). The van der Waals surface area contributed by atoms with Gasteiger partial charge < -0.3 is 5.32 Å². The minimum Gasteiger partial charge on any atom is -0.353 e. The lowest BCUT2D eigenvalue weighted by atomic mass is 10.1. The van der Waals surface area contributed by atoms with Gasteiger partial charge in [-0.2, -0.15) is 0 Å². The molecule has 0 heterocycles. The topological polar surface area (TPSA) is 29.1 Å². The van der Waals surface area contributed by atoms with Crippen LogP contribution in [-0.2, 0) is 4.79 Å². The van der Waals surface area contributed by atoms with E-state index in [4.69, 9.17) is 11.6 Å². The predicted molar refractivity (Wildman–Crippen MR) is 45.7 cm³/mol. The molecular formula is C8H14ClNO. The molecule has 1 N–H and O–H groups in total. The van der Waals surface area contributed by atoms with Crippen molar-refractivity contribution >= 4 is 17.5 Å². The van der Waals surface area contributed by atoms with Crippen molar-refractivity contribution in [2.45, 2.75) is 32.2 Å². The van der Waals surface area contributed by atoms with Gasteiger partial charge in [0.1, 0.15) is 5.88 Å². The van der Waals surface area contributed by atoms with Gasteiger partial charge in [0.15, 0.2) is 0 Å². The van der Waals surface area contributed by atoms with Crippen molar-refractivity contribution in [3.05, 3.63) is 0 Å². The Labute approximate surface area is 72.3 Å². The summed E-state index contributed by atoms with van der Waals surface area (Å²) in [7, 11) is 0. The first kappa shape index (κ1) is 8.85. The van der Waals surface area contributed by atoms with Crippen molar-refractivity contribution < 1.29 is 4.79 Å². The van der Waals surface area contributed by atoms with E-state index in [0.717, 1.165) is 12.3 Å². The monoisotopic (exact) mass is 175 g/mol. The molecule has 0 aromatic carbocycles. The Morgan fingerprint density at radius 3 is 2.82 bits per heavy atom. The molecule has 1 saturated carbocycles. The van der Waals surface area contributed by atoms with Crippen LogP contribution in [-0.4, -0.2) is 17.8 Å². The maximum absolute atomic E-state index is 10.8. The van der Waals surface area contributed by atoms with Gasteiger partial charge in [0, 0.05) is 6.04 Å². The van der Waals surface area contributed by atoms with Crippen LogP contribution in [0.1, 0.15) is 26.2 Å². The number of amides is 1. The van der Waals surface area contributed by atoms with E-state index >= 15 is 0 Å². The number of nitrogens with one attached hydrogen (secondary N) is 1. The van der Waals surface area contributed by atoms with Crippen LogP contribution in [0.4, 0.5) is 0 Å². The maximum atomic E-state index is 10.8. The first-order valence-electron chi connectivity index (χ1n) is 4.07. The summed E-state index contributed by atoms with van der Waals surface area (Å²) in [6.45, 7) is 2.03. The first-order valence-corrected chi connectivity index (χ1v) is 4.61. The standard InChI is InChI=1S/C8H14ClNO/c1-6(4-7-2-3-7)10-8(11)5-9/h6-7H,2-5H2,1H3,(H,10,11).